The molecule has 1 aromatic rings. The number of thiophene rings is 1. The van der Waals surface area contributed by atoms with Crippen molar-refractivity contribution < 1.29 is 13.2 Å². The molecule has 86 valence electrons. The molecule has 5 heteroatoms. The van der Waals surface area contributed by atoms with Crippen LogP contribution in [0.1, 0.15) is 30.7 Å². The second-order valence-corrected chi connectivity index (χ2v) is 4.27. The van der Waals surface area contributed by atoms with Crippen LogP contribution in [-0.4, -0.2) is 12.7 Å². The summed E-state index contributed by atoms with van der Waals surface area (Å²) in [7, 11) is 0. The Morgan fingerprint density at radius 3 is 2.67 bits per heavy atom. The van der Waals surface area contributed by atoms with Crippen molar-refractivity contribution in [2.45, 2.75) is 32.0 Å². The molecule has 0 aromatic carbocycles. The van der Waals surface area contributed by atoms with Crippen LogP contribution in [0, 0.1) is 0 Å². The van der Waals surface area contributed by atoms with Crippen molar-refractivity contribution in [1.82, 2.24) is 5.32 Å². The van der Waals surface area contributed by atoms with E-state index in [1.54, 1.807) is 11.3 Å². The van der Waals surface area contributed by atoms with Crippen LogP contribution in [0.2, 0.25) is 0 Å². The molecule has 1 heterocycles. The van der Waals surface area contributed by atoms with Gasteiger partial charge in [0.1, 0.15) is 0 Å². The zero-order chi connectivity index (χ0) is 11.3. The molecule has 0 saturated heterocycles. The first-order valence-electron chi connectivity index (χ1n) is 4.86. The van der Waals surface area contributed by atoms with Gasteiger partial charge in [-0.3, -0.25) is 0 Å². The highest BCUT2D eigenvalue weighted by molar-refractivity contribution is 7.10. The van der Waals surface area contributed by atoms with E-state index in [-0.39, 0.29) is 12.6 Å². The number of hydrogen-bond acceptors (Lipinski definition) is 2. The van der Waals surface area contributed by atoms with Crippen LogP contribution in [0.4, 0.5) is 13.2 Å². The molecule has 15 heavy (non-hydrogen) atoms. The first-order chi connectivity index (χ1) is 7.03. The third-order valence-corrected chi connectivity index (χ3v) is 3.08. The zero-order valence-electron chi connectivity index (χ0n) is 8.47. The maximum absolute atomic E-state index is 11.9. The van der Waals surface area contributed by atoms with Gasteiger partial charge in [0.15, 0.2) is 0 Å². The van der Waals surface area contributed by atoms with E-state index in [0.717, 1.165) is 11.3 Å². The van der Waals surface area contributed by atoms with Crippen molar-refractivity contribution >= 4 is 11.3 Å². The molecule has 1 atom stereocenters. The highest BCUT2D eigenvalue weighted by Gasteiger charge is 2.26. The van der Waals surface area contributed by atoms with E-state index >= 15 is 0 Å². The average Bonchev–Trinajstić information content (AvgIpc) is 2.63. The van der Waals surface area contributed by atoms with Gasteiger partial charge in [-0.05, 0) is 17.9 Å². The normalized spacial score (nSPS) is 14.1. The molecule has 0 spiro atoms. The minimum Gasteiger partial charge on any atom is -0.309 e. The zero-order valence-corrected chi connectivity index (χ0v) is 9.29. The van der Waals surface area contributed by atoms with Crippen molar-refractivity contribution in [3.8, 4) is 0 Å². The lowest BCUT2D eigenvalue weighted by Gasteiger charge is -2.16. The first-order valence-corrected chi connectivity index (χ1v) is 5.74. The summed E-state index contributed by atoms with van der Waals surface area (Å²) in [5.74, 6) is 0. The van der Waals surface area contributed by atoms with E-state index in [9.17, 15) is 13.2 Å². The fourth-order valence-corrected chi connectivity index (χ4v) is 2.21. The number of rotatable bonds is 5. The molecule has 1 unspecified atom stereocenters. The highest BCUT2D eigenvalue weighted by atomic mass is 32.1. The van der Waals surface area contributed by atoms with Gasteiger partial charge < -0.3 is 5.32 Å². The molecular weight excluding hydrogens is 223 g/mol. The summed E-state index contributed by atoms with van der Waals surface area (Å²) in [6.45, 7) is 1.95. The van der Waals surface area contributed by atoms with Crippen LogP contribution < -0.4 is 5.32 Å². The summed E-state index contributed by atoms with van der Waals surface area (Å²) in [5.41, 5.74) is 0. The van der Waals surface area contributed by atoms with Gasteiger partial charge in [0.25, 0.3) is 0 Å². The minimum atomic E-state index is -4.07. The Labute approximate surface area is 91.3 Å². The predicted molar refractivity (Wildman–Crippen MR) is 56.0 cm³/mol. The molecule has 0 saturated carbocycles. The van der Waals surface area contributed by atoms with E-state index in [4.69, 9.17) is 0 Å². The standard InChI is InChI=1S/C10H14F3NS/c1-2-8(9-4-3-7-15-9)14-6-5-10(11,12)13/h3-4,7-8,14H,2,5-6H2,1H3. The summed E-state index contributed by atoms with van der Waals surface area (Å²) in [6.07, 6.45) is -4.03. The van der Waals surface area contributed by atoms with Crippen LogP contribution in [0.5, 0.6) is 0 Å². The summed E-state index contributed by atoms with van der Waals surface area (Å²) in [6, 6.07) is 3.90. The van der Waals surface area contributed by atoms with Gasteiger partial charge in [-0.2, -0.15) is 13.2 Å². The molecule has 0 bridgehead atoms. The van der Waals surface area contributed by atoms with Gasteiger partial charge >= 0.3 is 6.18 Å². The largest absolute Gasteiger partial charge is 0.390 e. The minimum absolute atomic E-state index is 0.0140. The fraction of sp³-hybridized carbons (Fsp3) is 0.600. The van der Waals surface area contributed by atoms with Crippen LogP contribution >= 0.6 is 11.3 Å². The Kier molecular flexibility index (Phi) is 4.60. The monoisotopic (exact) mass is 237 g/mol. The summed E-state index contributed by atoms with van der Waals surface area (Å²) in [4.78, 5) is 1.10. The summed E-state index contributed by atoms with van der Waals surface area (Å²) < 4.78 is 35.7. The van der Waals surface area contributed by atoms with E-state index in [2.05, 4.69) is 5.32 Å². The lowest BCUT2D eigenvalue weighted by atomic mass is 10.2. The quantitative estimate of drug-likeness (QED) is 0.822. The van der Waals surface area contributed by atoms with Gasteiger partial charge in [0.2, 0.25) is 0 Å². The van der Waals surface area contributed by atoms with E-state index < -0.39 is 12.6 Å². The molecule has 0 aliphatic heterocycles. The van der Waals surface area contributed by atoms with Crippen LogP contribution in [-0.2, 0) is 0 Å². The van der Waals surface area contributed by atoms with E-state index in [0.29, 0.717) is 0 Å². The maximum atomic E-state index is 11.9. The Morgan fingerprint density at radius 2 is 2.20 bits per heavy atom. The molecular formula is C10H14F3NS. The van der Waals surface area contributed by atoms with Gasteiger partial charge in [0.05, 0.1) is 6.42 Å². The number of halogens is 3. The smallest absolute Gasteiger partial charge is 0.309 e. The Balaban J connectivity index is 2.36. The lowest BCUT2D eigenvalue weighted by Crippen LogP contribution is -2.25. The fourth-order valence-electron chi connectivity index (χ4n) is 1.32. The second kappa shape index (κ2) is 5.51. The number of hydrogen-bond donors (Lipinski definition) is 1. The topological polar surface area (TPSA) is 12.0 Å². The van der Waals surface area contributed by atoms with Crippen LogP contribution in [0.3, 0.4) is 0 Å². The second-order valence-electron chi connectivity index (χ2n) is 3.30. The van der Waals surface area contributed by atoms with E-state index in [1.807, 2.05) is 24.4 Å². The van der Waals surface area contributed by atoms with Crippen molar-refractivity contribution in [2.24, 2.45) is 0 Å². The first kappa shape index (κ1) is 12.5. The van der Waals surface area contributed by atoms with Gasteiger partial charge in [-0.25, -0.2) is 0 Å². The van der Waals surface area contributed by atoms with Gasteiger partial charge in [-0.15, -0.1) is 11.3 Å². The third kappa shape index (κ3) is 4.66. The summed E-state index contributed by atoms with van der Waals surface area (Å²) in [5, 5.41) is 4.85. The number of alkyl halides is 3. The molecule has 1 N–H and O–H groups in total. The highest BCUT2D eigenvalue weighted by Crippen LogP contribution is 2.23. The molecule has 0 radical (unpaired) electrons. The molecule has 0 aliphatic carbocycles. The Bertz CT molecular complexity index is 269. The lowest BCUT2D eigenvalue weighted by molar-refractivity contribution is -0.133. The van der Waals surface area contributed by atoms with Crippen LogP contribution in [0.15, 0.2) is 17.5 Å². The van der Waals surface area contributed by atoms with Crippen molar-refractivity contribution in [2.75, 3.05) is 6.54 Å². The predicted octanol–water partition coefficient (Wildman–Crippen LogP) is 3.74. The molecule has 1 rings (SSSR count). The number of nitrogens with one attached hydrogen (secondary N) is 1. The summed E-state index contributed by atoms with van der Waals surface area (Å²) >= 11 is 1.57. The molecule has 0 amide bonds. The van der Waals surface area contributed by atoms with Gasteiger partial charge in [0, 0.05) is 17.5 Å². The van der Waals surface area contributed by atoms with Gasteiger partial charge in [-0.1, -0.05) is 13.0 Å². The van der Waals surface area contributed by atoms with E-state index in [1.165, 1.54) is 0 Å². The Hall–Kier alpha value is -0.550. The van der Waals surface area contributed by atoms with Crippen LogP contribution in [0.25, 0.3) is 0 Å². The maximum Gasteiger partial charge on any atom is 0.390 e. The van der Waals surface area contributed by atoms with Crippen molar-refractivity contribution in [3.63, 3.8) is 0 Å². The molecule has 1 nitrogen and oxygen atoms in total. The van der Waals surface area contributed by atoms with Crippen molar-refractivity contribution in [1.29, 1.82) is 0 Å². The molecule has 0 aliphatic rings. The molecule has 1 aromatic heterocycles. The Morgan fingerprint density at radius 1 is 1.47 bits per heavy atom. The van der Waals surface area contributed by atoms with Crippen molar-refractivity contribution in [3.05, 3.63) is 22.4 Å². The SMILES string of the molecule is CCC(NCCC(F)(F)F)c1cccs1. The third-order valence-electron chi connectivity index (χ3n) is 2.09. The molecule has 0 fully saturated rings. The average molecular weight is 237 g/mol.